The summed E-state index contributed by atoms with van der Waals surface area (Å²) in [6.45, 7) is 5.07. The number of phenols is 1. The zero-order chi connectivity index (χ0) is 56.0. The highest BCUT2D eigenvalue weighted by atomic mass is 16.5. The van der Waals surface area contributed by atoms with Crippen molar-refractivity contribution in [2.75, 3.05) is 33.3 Å². The van der Waals surface area contributed by atoms with Gasteiger partial charge in [-0.25, -0.2) is 0 Å². The first-order valence-electron chi connectivity index (χ1n) is 27.0. The number of hydrogen-bond donors (Lipinski definition) is 10. The van der Waals surface area contributed by atoms with Gasteiger partial charge in [0, 0.05) is 37.7 Å². The minimum absolute atomic E-state index is 0.00854. The first kappa shape index (κ1) is 58.3. The van der Waals surface area contributed by atoms with Crippen molar-refractivity contribution in [3.05, 3.63) is 108 Å². The number of unbranched alkanes of at least 4 members (excludes halogenated alkanes) is 2. The molecule has 0 spiro atoms. The summed E-state index contributed by atoms with van der Waals surface area (Å²) in [5.74, 6) is -4.59. The molecule has 10 N–H and O–H groups in total. The van der Waals surface area contributed by atoms with E-state index in [9.17, 15) is 54.0 Å². The van der Waals surface area contributed by atoms with Gasteiger partial charge in [0.15, 0.2) is 0 Å². The number of aliphatic hydroxyl groups excluding tert-OH is 3. The van der Waals surface area contributed by atoms with Gasteiger partial charge in [-0.1, -0.05) is 80.4 Å². The van der Waals surface area contributed by atoms with Crippen LogP contribution in [0.15, 0.2) is 97.1 Å². The maximum atomic E-state index is 14.4. The molecule has 3 fully saturated rings. The van der Waals surface area contributed by atoms with Crippen molar-refractivity contribution in [2.24, 2.45) is 0 Å². The molecule has 0 bridgehead atoms. The van der Waals surface area contributed by atoms with Gasteiger partial charge in [0.1, 0.15) is 47.8 Å². The van der Waals surface area contributed by atoms with Gasteiger partial charge in [0.2, 0.25) is 35.4 Å². The molecule has 20 nitrogen and oxygen atoms in total. The number of carbonyl (C=O) groups is 7. The van der Waals surface area contributed by atoms with Crippen molar-refractivity contribution >= 4 is 41.4 Å². The summed E-state index contributed by atoms with van der Waals surface area (Å²) in [4.78, 5) is 102. The summed E-state index contributed by atoms with van der Waals surface area (Å²) in [5, 5.41) is 59.4. The first-order valence-corrected chi connectivity index (χ1v) is 27.0. The zero-order valence-corrected chi connectivity index (χ0v) is 44.7. The third-order valence-electron chi connectivity index (χ3n) is 14.7. The Morgan fingerprint density at radius 1 is 0.692 bits per heavy atom. The minimum atomic E-state index is -1.68. The number of phenolic OH excluding ortho intramolecular Hbond substituents is 1. The standard InChI is InChI=1S/C58H74N8O12/c1-5-6-7-29-78-45-25-21-40(22-26-45)38-15-13-37(14-16-38)39-17-19-41(20-18-39)52(71)61-46-9-8-28-60-55(74)48-30-42(59-4)32-65(48)57(76)50(34(2)67)64-54(73)47(27-12-36-10-23-43(69)24-11-36)62-56(75)49-31-44(70)33-66(49)58(77)51(35(3)68)63-53(46)72/h10-11,13-26,34-35,42,44,46-51,59,67-70H,5-9,12,27-33H2,1-4H3,(H,60,74)(H,61,71)(H,62,75)(H,63,72)(H,64,73)/t34-,35-,42+,44-,46?,47?,48?,49?,50?,51?/m1/s1. The van der Waals surface area contributed by atoms with Crippen LogP contribution in [0.4, 0.5) is 0 Å². The van der Waals surface area contributed by atoms with Crippen LogP contribution in [0.1, 0.15) is 88.1 Å². The van der Waals surface area contributed by atoms with E-state index in [4.69, 9.17) is 4.74 Å². The van der Waals surface area contributed by atoms with Gasteiger partial charge in [-0.3, -0.25) is 33.6 Å². The molecule has 10 atom stereocenters. The molecule has 20 heteroatoms. The fourth-order valence-electron chi connectivity index (χ4n) is 10.1. The van der Waals surface area contributed by atoms with Gasteiger partial charge >= 0.3 is 0 Å². The zero-order valence-electron chi connectivity index (χ0n) is 44.7. The van der Waals surface area contributed by atoms with E-state index >= 15 is 0 Å². The van der Waals surface area contributed by atoms with Gasteiger partial charge in [-0.15, -0.1) is 0 Å². The lowest BCUT2D eigenvalue weighted by atomic mass is 9.99. The quantitative estimate of drug-likeness (QED) is 0.0767. The number of likely N-dealkylation sites (N-methyl/N-ethyl adjacent to an activating group) is 1. The number of benzene rings is 4. The predicted octanol–water partition coefficient (Wildman–Crippen LogP) is 2.30. The number of amides is 7. The molecule has 3 aliphatic rings. The fraction of sp³-hybridized carbons (Fsp3) is 0.466. The number of aryl methyl sites for hydroxylation is 1. The Hall–Kier alpha value is -7.39. The number of nitrogens with zero attached hydrogens (tertiary/aromatic N) is 2. The molecule has 0 aliphatic carbocycles. The molecule has 3 aliphatic heterocycles. The summed E-state index contributed by atoms with van der Waals surface area (Å²) >= 11 is 0. The van der Waals surface area contributed by atoms with Crippen LogP contribution in [-0.2, 0) is 35.2 Å². The molecule has 6 unspecified atom stereocenters. The Balaban J connectivity index is 1.12. The third-order valence-corrected chi connectivity index (χ3v) is 14.7. The number of aliphatic hydroxyl groups is 3. The van der Waals surface area contributed by atoms with E-state index in [0.29, 0.717) is 12.2 Å². The highest BCUT2D eigenvalue weighted by Gasteiger charge is 2.46. The van der Waals surface area contributed by atoms with Crippen LogP contribution >= 0.6 is 0 Å². The lowest BCUT2D eigenvalue weighted by molar-refractivity contribution is -0.145. The monoisotopic (exact) mass is 1070 g/mol. The van der Waals surface area contributed by atoms with E-state index in [-0.39, 0.29) is 75.5 Å². The van der Waals surface area contributed by atoms with E-state index in [1.54, 1.807) is 43.4 Å². The number of hydrogen-bond acceptors (Lipinski definition) is 13. The molecule has 7 amide bonds. The number of carbonyl (C=O) groups excluding carboxylic acids is 7. The second kappa shape index (κ2) is 27.3. The van der Waals surface area contributed by atoms with E-state index in [1.165, 1.54) is 30.9 Å². The minimum Gasteiger partial charge on any atom is -0.508 e. The van der Waals surface area contributed by atoms with Crippen molar-refractivity contribution in [3.63, 3.8) is 0 Å². The topological polar surface area (TPSA) is 288 Å². The molecule has 4 aromatic rings. The van der Waals surface area contributed by atoms with Gasteiger partial charge in [-0.05, 0) is 124 Å². The van der Waals surface area contributed by atoms with E-state index < -0.39 is 95.9 Å². The Labute approximate surface area is 454 Å². The van der Waals surface area contributed by atoms with Crippen LogP contribution in [0.2, 0.25) is 0 Å². The molecule has 3 heterocycles. The average molecular weight is 1080 g/mol. The molecular weight excluding hydrogens is 1000 g/mol. The van der Waals surface area contributed by atoms with Crippen LogP contribution in [0.5, 0.6) is 11.5 Å². The van der Waals surface area contributed by atoms with Gasteiger partial charge in [-0.2, -0.15) is 0 Å². The molecule has 7 rings (SSSR count). The maximum absolute atomic E-state index is 14.4. The smallest absolute Gasteiger partial charge is 0.251 e. The van der Waals surface area contributed by atoms with E-state index in [0.717, 1.165) is 52.2 Å². The van der Waals surface area contributed by atoms with E-state index in [1.807, 2.05) is 48.5 Å². The van der Waals surface area contributed by atoms with Gasteiger partial charge < -0.3 is 66.9 Å². The number of rotatable bonds is 15. The fourth-order valence-corrected chi connectivity index (χ4v) is 10.1. The number of fused-ring (bicyclic) bond motifs is 2. The van der Waals surface area contributed by atoms with Crippen molar-refractivity contribution in [1.29, 1.82) is 0 Å². The largest absolute Gasteiger partial charge is 0.508 e. The second-order valence-electron chi connectivity index (χ2n) is 20.5. The second-order valence-corrected chi connectivity index (χ2v) is 20.5. The van der Waals surface area contributed by atoms with Crippen LogP contribution in [0.25, 0.3) is 22.3 Å². The number of nitrogens with one attached hydrogen (secondary N) is 6. The highest BCUT2D eigenvalue weighted by Crippen LogP contribution is 2.28. The van der Waals surface area contributed by atoms with Crippen molar-refractivity contribution in [1.82, 2.24) is 41.7 Å². The molecular formula is C58H74N8O12. The molecule has 418 valence electrons. The Morgan fingerprint density at radius 3 is 1.82 bits per heavy atom. The van der Waals surface area contributed by atoms with Gasteiger partial charge in [0.05, 0.1) is 24.9 Å². The molecule has 3 saturated heterocycles. The van der Waals surface area contributed by atoms with Crippen LogP contribution in [0.3, 0.4) is 0 Å². The Morgan fingerprint density at radius 2 is 1.24 bits per heavy atom. The summed E-state index contributed by atoms with van der Waals surface area (Å²) in [5.41, 5.74) is 4.67. The molecule has 0 aromatic heterocycles. The maximum Gasteiger partial charge on any atom is 0.251 e. The highest BCUT2D eigenvalue weighted by molar-refractivity contribution is 6.00. The SMILES string of the molecule is CCCCCOc1ccc(-c2ccc(-c3ccc(C(=O)NC4CCCNC(=O)C5C[C@H](NC)CN5C(=O)C([C@@H](C)O)NC(=O)C(CCc5ccc(O)cc5)NC(=O)C5C[C@@H](O)CN5C(=O)C([C@@H](C)O)NC4=O)cc3)cc2)cc1. The summed E-state index contributed by atoms with van der Waals surface area (Å²) in [6, 6.07) is 20.2. The molecule has 0 radical (unpaired) electrons. The van der Waals surface area contributed by atoms with Crippen molar-refractivity contribution < 1.29 is 58.7 Å². The number of aromatic hydroxyl groups is 1. The van der Waals surface area contributed by atoms with Gasteiger partial charge in [0.25, 0.3) is 5.91 Å². The molecule has 4 aromatic carbocycles. The summed E-state index contributed by atoms with van der Waals surface area (Å²) in [6.07, 6.45) is -0.892. The third kappa shape index (κ3) is 15.0. The van der Waals surface area contributed by atoms with Crippen LogP contribution in [-0.4, -0.2) is 165 Å². The summed E-state index contributed by atoms with van der Waals surface area (Å²) < 4.78 is 5.86. The van der Waals surface area contributed by atoms with Crippen molar-refractivity contribution in [3.8, 4) is 33.8 Å². The van der Waals surface area contributed by atoms with Crippen molar-refractivity contribution in [2.45, 2.75) is 139 Å². The Kier molecular flexibility index (Phi) is 20.4. The Bertz CT molecular complexity index is 2700. The number of ether oxygens (including phenoxy) is 1. The van der Waals surface area contributed by atoms with Crippen LogP contribution in [0, 0.1) is 0 Å². The predicted molar refractivity (Wildman–Crippen MR) is 291 cm³/mol. The molecule has 78 heavy (non-hydrogen) atoms. The summed E-state index contributed by atoms with van der Waals surface area (Å²) in [7, 11) is 1.68. The van der Waals surface area contributed by atoms with E-state index in [2.05, 4.69) is 38.8 Å². The molecule has 0 saturated carbocycles. The average Bonchev–Trinajstić information content (AvgIpc) is 4.10. The first-order chi connectivity index (χ1) is 37.4. The lowest BCUT2D eigenvalue weighted by Crippen LogP contribution is -2.61. The lowest BCUT2D eigenvalue weighted by Gasteiger charge is -2.32. The van der Waals surface area contributed by atoms with Crippen LogP contribution < -0.4 is 36.6 Å². The normalized spacial score (nSPS) is 24.6.